The van der Waals surface area contributed by atoms with E-state index in [2.05, 4.69) is 199 Å². The molecule has 5 nitrogen and oxygen atoms in total. The maximum Gasteiger partial charge on any atom is 0.166 e. The fourth-order valence-electron chi connectivity index (χ4n) is 9.51. The Labute approximate surface area is 355 Å². The van der Waals surface area contributed by atoms with Crippen molar-refractivity contribution in [2.75, 3.05) is 0 Å². The van der Waals surface area contributed by atoms with Crippen molar-refractivity contribution in [1.29, 1.82) is 0 Å². The van der Waals surface area contributed by atoms with Gasteiger partial charge < -0.3 is 8.98 Å². The third-order valence-electron chi connectivity index (χ3n) is 12.4. The standard InChI is InChI=1S/C57H34N4O/c1-2-14-35(15-3-1)37-22-10-23-42(30-37)61-50-33-40-19-6-4-17-38(40)31-48(50)44-25-12-28-47(54(44)61)57-59-55(45-26-11-21-36-16-8-9-24-43(36)45)58-56(60-57)46-27-13-29-51-53(46)49-32-39-18-5-7-20-41(39)34-52(49)62-51/h1-34H. The molecule has 288 valence electrons. The van der Waals surface area contributed by atoms with Crippen LogP contribution in [0.1, 0.15) is 0 Å². The average molecular weight is 791 g/mol. The van der Waals surface area contributed by atoms with Crippen LogP contribution >= 0.6 is 0 Å². The molecule has 0 fully saturated rings. The molecule has 3 aromatic heterocycles. The van der Waals surface area contributed by atoms with Crippen molar-refractivity contribution in [3.8, 4) is 51.0 Å². The molecular formula is C57H34N4O. The van der Waals surface area contributed by atoms with Crippen LogP contribution in [0.4, 0.5) is 0 Å². The molecule has 0 N–H and O–H groups in total. The third-order valence-corrected chi connectivity index (χ3v) is 12.4. The molecular weight excluding hydrogens is 757 g/mol. The quantitative estimate of drug-likeness (QED) is 0.174. The van der Waals surface area contributed by atoms with Gasteiger partial charge in [-0.1, -0.05) is 158 Å². The Morgan fingerprint density at radius 3 is 1.69 bits per heavy atom. The number of nitrogens with zero attached hydrogens (tertiary/aromatic N) is 4. The van der Waals surface area contributed by atoms with Gasteiger partial charge in [0.25, 0.3) is 0 Å². The summed E-state index contributed by atoms with van der Waals surface area (Å²) in [4.78, 5) is 16.3. The number of para-hydroxylation sites is 1. The van der Waals surface area contributed by atoms with Gasteiger partial charge in [0.2, 0.25) is 0 Å². The minimum absolute atomic E-state index is 0.580. The number of hydrogen-bond donors (Lipinski definition) is 0. The van der Waals surface area contributed by atoms with Gasteiger partial charge in [-0.3, -0.25) is 0 Å². The Kier molecular flexibility index (Phi) is 7.54. The zero-order chi connectivity index (χ0) is 40.7. The van der Waals surface area contributed by atoms with Crippen molar-refractivity contribution >= 4 is 76.1 Å². The Balaban J connectivity index is 1.13. The van der Waals surface area contributed by atoms with E-state index in [0.717, 1.165) is 98.8 Å². The molecule has 0 atom stereocenters. The van der Waals surface area contributed by atoms with E-state index in [1.54, 1.807) is 0 Å². The fourth-order valence-corrected chi connectivity index (χ4v) is 9.51. The van der Waals surface area contributed by atoms with E-state index < -0.39 is 0 Å². The zero-order valence-electron chi connectivity index (χ0n) is 33.3. The fraction of sp³-hybridized carbons (Fsp3) is 0. The van der Waals surface area contributed by atoms with E-state index in [9.17, 15) is 0 Å². The SMILES string of the molecule is c1ccc(-c2cccc(-n3c4cc5ccccc5cc4c4cccc(-c5nc(-c6cccc7ccccc67)nc(-c6cccc7oc8cc9ccccc9cc8c67)n5)c43)c2)cc1. The van der Waals surface area contributed by atoms with Crippen LogP contribution < -0.4 is 0 Å². The van der Waals surface area contributed by atoms with Gasteiger partial charge in [-0.05, 0) is 92.0 Å². The van der Waals surface area contributed by atoms with Crippen molar-refractivity contribution in [3.05, 3.63) is 206 Å². The van der Waals surface area contributed by atoms with E-state index in [4.69, 9.17) is 19.4 Å². The molecule has 3 heterocycles. The van der Waals surface area contributed by atoms with Gasteiger partial charge in [0.05, 0.1) is 11.0 Å². The van der Waals surface area contributed by atoms with Crippen LogP contribution in [-0.4, -0.2) is 19.5 Å². The van der Waals surface area contributed by atoms with Crippen LogP contribution in [0.5, 0.6) is 0 Å². The summed E-state index contributed by atoms with van der Waals surface area (Å²) in [7, 11) is 0. The van der Waals surface area contributed by atoms with Crippen LogP contribution in [0.2, 0.25) is 0 Å². The van der Waals surface area contributed by atoms with Crippen LogP contribution in [-0.2, 0) is 0 Å². The first-order valence-corrected chi connectivity index (χ1v) is 20.9. The van der Waals surface area contributed by atoms with E-state index >= 15 is 0 Å². The maximum absolute atomic E-state index is 6.57. The lowest BCUT2D eigenvalue weighted by molar-refractivity contribution is 0.669. The molecule has 0 unspecified atom stereocenters. The highest BCUT2D eigenvalue weighted by Gasteiger charge is 2.23. The zero-order valence-corrected chi connectivity index (χ0v) is 33.3. The van der Waals surface area contributed by atoms with Gasteiger partial charge in [-0.25, -0.2) is 15.0 Å². The number of aromatic nitrogens is 4. The summed E-state index contributed by atoms with van der Waals surface area (Å²) < 4.78 is 8.96. The van der Waals surface area contributed by atoms with Crippen molar-refractivity contribution < 1.29 is 4.42 Å². The summed E-state index contributed by atoms with van der Waals surface area (Å²) in [6.45, 7) is 0. The predicted molar refractivity (Wildman–Crippen MR) is 256 cm³/mol. The second-order valence-electron chi connectivity index (χ2n) is 16.0. The summed E-state index contributed by atoms with van der Waals surface area (Å²) in [5, 5.41) is 11.1. The second-order valence-corrected chi connectivity index (χ2v) is 16.0. The Morgan fingerprint density at radius 1 is 0.339 bits per heavy atom. The molecule has 0 aliphatic rings. The van der Waals surface area contributed by atoms with Gasteiger partial charge in [-0.2, -0.15) is 0 Å². The largest absolute Gasteiger partial charge is 0.456 e. The number of fused-ring (bicyclic) bond motifs is 9. The first kappa shape index (κ1) is 34.5. The monoisotopic (exact) mass is 790 g/mol. The van der Waals surface area contributed by atoms with Crippen LogP contribution in [0.3, 0.4) is 0 Å². The summed E-state index contributed by atoms with van der Waals surface area (Å²) in [6.07, 6.45) is 0. The third kappa shape index (κ3) is 5.38. The molecule has 0 saturated carbocycles. The van der Waals surface area contributed by atoms with Crippen molar-refractivity contribution in [3.63, 3.8) is 0 Å². The summed E-state index contributed by atoms with van der Waals surface area (Å²) in [6, 6.07) is 72.8. The van der Waals surface area contributed by atoms with E-state index in [1.807, 2.05) is 12.1 Å². The normalized spacial score (nSPS) is 11.9. The highest BCUT2D eigenvalue weighted by molar-refractivity contribution is 6.18. The highest BCUT2D eigenvalue weighted by Crippen LogP contribution is 2.42. The molecule has 62 heavy (non-hydrogen) atoms. The smallest absolute Gasteiger partial charge is 0.166 e. The molecule has 0 aliphatic heterocycles. The van der Waals surface area contributed by atoms with Crippen molar-refractivity contribution in [2.24, 2.45) is 0 Å². The van der Waals surface area contributed by atoms with Crippen LogP contribution in [0, 0.1) is 0 Å². The number of benzene rings is 10. The number of furan rings is 1. The van der Waals surface area contributed by atoms with E-state index in [0.29, 0.717) is 17.5 Å². The van der Waals surface area contributed by atoms with Crippen molar-refractivity contribution in [2.45, 2.75) is 0 Å². The first-order valence-electron chi connectivity index (χ1n) is 20.9. The van der Waals surface area contributed by atoms with Gasteiger partial charge in [0.15, 0.2) is 17.5 Å². The molecule has 0 amide bonds. The van der Waals surface area contributed by atoms with Crippen molar-refractivity contribution in [1.82, 2.24) is 19.5 Å². The minimum Gasteiger partial charge on any atom is -0.456 e. The van der Waals surface area contributed by atoms with E-state index in [1.165, 1.54) is 10.8 Å². The Bertz CT molecular complexity index is 3930. The highest BCUT2D eigenvalue weighted by atomic mass is 16.3. The molecule has 13 aromatic rings. The molecule has 5 heteroatoms. The summed E-state index contributed by atoms with van der Waals surface area (Å²) in [5.41, 5.74) is 9.86. The molecule has 0 aliphatic carbocycles. The molecule has 0 radical (unpaired) electrons. The van der Waals surface area contributed by atoms with Gasteiger partial charge in [0, 0.05) is 43.9 Å². The Hall–Kier alpha value is -8.41. The molecule has 0 saturated heterocycles. The predicted octanol–water partition coefficient (Wildman–Crippen LogP) is 15.0. The van der Waals surface area contributed by atoms with Gasteiger partial charge in [-0.15, -0.1) is 0 Å². The van der Waals surface area contributed by atoms with Crippen LogP contribution in [0.25, 0.3) is 127 Å². The lowest BCUT2D eigenvalue weighted by Crippen LogP contribution is -2.02. The molecule has 13 rings (SSSR count). The molecule has 0 spiro atoms. The maximum atomic E-state index is 6.57. The lowest BCUT2D eigenvalue weighted by Gasteiger charge is -2.14. The summed E-state index contributed by atoms with van der Waals surface area (Å²) >= 11 is 0. The molecule has 0 bridgehead atoms. The lowest BCUT2D eigenvalue weighted by atomic mass is 10.0. The van der Waals surface area contributed by atoms with Gasteiger partial charge in [0.1, 0.15) is 11.2 Å². The second kappa shape index (κ2) is 13.6. The number of hydrogen-bond acceptors (Lipinski definition) is 4. The first-order chi connectivity index (χ1) is 30.7. The van der Waals surface area contributed by atoms with Gasteiger partial charge >= 0.3 is 0 Å². The Morgan fingerprint density at radius 2 is 0.887 bits per heavy atom. The topological polar surface area (TPSA) is 56.7 Å². The summed E-state index contributed by atoms with van der Waals surface area (Å²) in [5.74, 6) is 1.77. The molecule has 10 aromatic carbocycles. The van der Waals surface area contributed by atoms with Crippen LogP contribution in [0.15, 0.2) is 211 Å². The minimum atomic E-state index is 0.580. The average Bonchev–Trinajstić information content (AvgIpc) is 3.87. The number of rotatable bonds is 5. The van der Waals surface area contributed by atoms with E-state index in [-0.39, 0.29) is 0 Å².